The molecule has 1 heterocycles. The maximum atomic E-state index is 12.1. The van der Waals surface area contributed by atoms with E-state index in [2.05, 4.69) is 26.0 Å². The molecule has 1 N–H and O–H groups in total. The van der Waals surface area contributed by atoms with Crippen LogP contribution in [0.25, 0.3) is 0 Å². The van der Waals surface area contributed by atoms with Crippen LogP contribution in [0.15, 0.2) is 6.33 Å². The van der Waals surface area contributed by atoms with Crippen LogP contribution in [0.4, 0.5) is 8.78 Å². The molecule has 0 saturated heterocycles. The second-order valence-electron chi connectivity index (χ2n) is 1.33. The fourth-order valence-electron chi connectivity index (χ4n) is 0.342. The van der Waals surface area contributed by atoms with Crippen molar-refractivity contribution < 1.29 is 8.78 Å². The lowest BCUT2D eigenvalue weighted by molar-refractivity contribution is 0.104. The number of alkyl halides is 3. The predicted octanol–water partition coefficient (Wildman–Crippen LogP) is 1.25. The average molecular weight is 198 g/mol. The molecule has 50 valence electrons. The molecule has 0 aliphatic carbocycles. The summed E-state index contributed by atoms with van der Waals surface area (Å²) >= 11 is 2.10. The fourth-order valence-corrected chi connectivity index (χ4v) is 0.533. The Morgan fingerprint density at radius 3 is 2.56 bits per heavy atom. The highest BCUT2D eigenvalue weighted by atomic mass is 79.9. The first-order valence-corrected chi connectivity index (χ1v) is 2.82. The molecule has 3 nitrogen and oxygen atoms in total. The highest BCUT2D eigenvalue weighted by Gasteiger charge is 2.30. The van der Waals surface area contributed by atoms with E-state index in [1.165, 1.54) is 0 Å². The molecule has 9 heavy (non-hydrogen) atoms. The molecule has 0 aliphatic rings. The van der Waals surface area contributed by atoms with Crippen LogP contribution in [0.1, 0.15) is 5.82 Å². The lowest BCUT2D eigenvalue weighted by Crippen LogP contribution is -2.04. The highest BCUT2D eigenvalue weighted by molar-refractivity contribution is 9.09. The second-order valence-corrected chi connectivity index (χ2v) is 2.33. The molecule has 0 atom stereocenters. The van der Waals surface area contributed by atoms with Crippen molar-refractivity contribution in [1.82, 2.24) is 15.2 Å². The molecule has 0 bridgehead atoms. The van der Waals surface area contributed by atoms with Gasteiger partial charge in [0.05, 0.1) is 0 Å². The SMILES string of the molecule is FC(F)(Br)c1ncn[nH]1. The van der Waals surface area contributed by atoms with Gasteiger partial charge in [0.15, 0.2) is 0 Å². The molecule has 0 spiro atoms. The third-order valence-corrected chi connectivity index (χ3v) is 1.06. The lowest BCUT2D eigenvalue weighted by Gasteiger charge is -2.00. The average Bonchev–Trinajstić information content (AvgIpc) is 2.08. The van der Waals surface area contributed by atoms with Gasteiger partial charge in [-0.2, -0.15) is 13.9 Å². The van der Waals surface area contributed by atoms with Crippen LogP contribution in [0.5, 0.6) is 0 Å². The van der Waals surface area contributed by atoms with Gasteiger partial charge in [-0.05, 0) is 15.9 Å². The maximum Gasteiger partial charge on any atom is 0.359 e. The second kappa shape index (κ2) is 2.02. The number of nitrogens with zero attached hydrogens (tertiary/aromatic N) is 2. The largest absolute Gasteiger partial charge is 0.359 e. The topological polar surface area (TPSA) is 41.6 Å². The minimum atomic E-state index is -3.09. The van der Waals surface area contributed by atoms with E-state index in [-0.39, 0.29) is 0 Å². The van der Waals surface area contributed by atoms with Crippen molar-refractivity contribution in [3.8, 4) is 0 Å². The highest BCUT2D eigenvalue weighted by Crippen LogP contribution is 2.30. The Bertz CT molecular complexity index is 179. The zero-order valence-corrected chi connectivity index (χ0v) is 5.69. The monoisotopic (exact) mass is 197 g/mol. The number of hydrogen-bond acceptors (Lipinski definition) is 2. The van der Waals surface area contributed by atoms with E-state index in [0.717, 1.165) is 6.33 Å². The molecule has 1 aromatic heterocycles. The Hall–Kier alpha value is -0.520. The Kier molecular flexibility index (Phi) is 1.48. The summed E-state index contributed by atoms with van der Waals surface area (Å²) in [5.41, 5.74) is 0. The molecular formula is C3H2BrF2N3. The molecule has 0 radical (unpaired) electrons. The molecular weight excluding hydrogens is 196 g/mol. The summed E-state index contributed by atoms with van der Waals surface area (Å²) < 4.78 is 24.1. The van der Waals surface area contributed by atoms with Crippen molar-refractivity contribution in [3.63, 3.8) is 0 Å². The number of aromatic nitrogens is 3. The van der Waals surface area contributed by atoms with Crippen molar-refractivity contribution in [2.24, 2.45) is 0 Å². The van der Waals surface area contributed by atoms with E-state index >= 15 is 0 Å². The van der Waals surface area contributed by atoms with Crippen LogP contribution in [-0.2, 0) is 4.83 Å². The minimum Gasteiger partial charge on any atom is -0.257 e. The summed E-state index contributed by atoms with van der Waals surface area (Å²) in [6.45, 7) is 0. The van der Waals surface area contributed by atoms with Crippen LogP contribution >= 0.6 is 15.9 Å². The standard InChI is InChI=1S/C3H2BrF2N3/c4-3(5,6)2-7-1-8-9-2/h1H,(H,7,8,9). The molecule has 0 amide bonds. The van der Waals surface area contributed by atoms with E-state index in [1.54, 1.807) is 0 Å². The van der Waals surface area contributed by atoms with Crippen molar-refractivity contribution in [2.45, 2.75) is 4.83 Å². The fraction of sp³-hybridized carbons (Fsp3) is 0.333. The number of halogens is 3. The van der Waals surface area contributed by atoms with Crippen molar-refractivity contribution >= 4 is 15.9 Å². The zero-order valence-electron chi connectivity index (χ0n) is 4.11. The van der Waals surface area contributed by atoms with Crippen LogP contribution in [-0.4, -0.2) is 15.2 Å². The maximum absolute atomic E-state index is 12.1. The zero-order chi connectivity index (χ0) is 6.91. The van der Waals surface area contributed by atoms with Gasteiger partial charge in [0, 0.05) is 0 Å². The van der Waals surface area contributed by atoms with Gasteiger partial charge in [-0.25, -0.2) is 4.98 Å². The summed E-state index contributed by atoms with van der Waals surface area (Å²) in [6, 6.07) is 0. The van der Waals surface area contributed by atoms with Crippen molar-refractivity contribution in [2.75, 3.05) is 0 Å². The van der Waals surface area contributed by atoms with Gasteiger partial charge in [-0.3, -0.25) is 5.10 Å². The van der Waals surface area contributed by atoms with Gasteiger partial charge in [0.25, 0.3) is 0 Å². The third-order valence-electron chi connectivity index (χ3n) is 0.684. The van der Waals surface area contributed by atoms with Crippen LogP contribution < -0.4 is 0 Å². The lowest BCUT2D eigenvalue weighted by atomic mass is 10.7. The van der Waals surface area contributed by atoms with Crippen molar-refractivity contribution in [3.05, 3.63) is 12.2 Å². The van der Waals surface area contributed by atoms with Crippen LogP contribution in [0.2, 0.25) is 0 Å². The first kappa shape index (κ1) is 6.60. The van der Waals surface area contributed by atoms with Gasteiger partial charge in [-0.1, -0.05) is 0 Å². The first-order valence-electron chi connectivity index (χ1n) is 2.03. The van der Waals surface area contributed by atoms with E-state index in [9.17, 15) is 8.78 Å². The Morgan fingerprint density at radius 2 is 2.33 bits per heavy atom. The van der Waals surface area contributed by atoms with Gasteiger partial charge >= 0.3 is 4.83 Å². The molecule has 0 unspecified atom stereocenters. The van der Waals surface area contributed by atoms with Crippen molar-refractivity contribution in [1.29, 1.82) is 0 Å². The van der Waals surface area contributed by atoms with Crippen LogP contribution in [0, 0.1) is 0 Å². The normalized spacial score (nSPS) is 11.9. The molecule has 0 aromatic carbocycles. The van der Waals surface area contributed by atoms with E-state index in [1.807, 2.05) is 5.10 Å². The molecule has 1 rings (SSSR count). The number of H-pyrrole nitrogens is 1. The van der Waals surface area contributed by atoms with E-state index in [0.29, 0.717) is 0 Å². The number of nitrogens with one attached hydrogen (secondary N) is 1. The third kappa shape index (κ3) is 1.44. The Labute approximate surface area is 57.6 Å². The van der Waals surface area contributed by atoms with Gasteiger partial charge < -0.3 is 0 Å². The van der Waals surface area contributed by atoms with Gasteiger partial charge in [0.1, 0.15) is 6.33 Å². The molecule has 0 aliphatic heterocycles. The number of rotatable bonds is 1. The van der Waals surface area contributed by atoms with Crippen LogP contribution in [0.3, 0.4) is 0 Å². The molecule has 6 heteroatoms. The molecule has 0 fully saturated rings. The van der Waals surface area contributed by atoms with E-state index in [4.69, 9.17) is 0 Å². The molecule has 0 saturated carbocycles. The Morgan fingerprint density at radius 1 is 1.67 bits per heavy atom. The van der Waals surface area contributed by atoms with Gasteiger partial charge in [-0.15, -0.1) is 0 Å². The van der Waals surface area contributed by atoms with Gasteiger partial charge in [0.2, 0.25) is 5.82 Å². The summed E-state index contributed by atoms with van der Waals surface area (Å²) in [5.74, 6) is -0.484. The first-order chi connectivity index (χ1) is 4.11. The molecule has 1 aromatic rings. The summed E-state index contributed by atoms with van der Waals surface area (Å²) in [5, 5.41) is 5.26. The predicted molar refractivity (Wildman–Crippen MR) is 29.2 cm³/mol. The Balaban J connectivity index is 2.90. The minimum absolute atomic E-state index is 0.484. The number of hydrogen-bond donors (Lipinski definition) is 1. The summed E-state index contributed by atoms with van der Waals surface area (Å²) in [4.78, 5) is 0.130. The summed E-state index contributed by atoms with van der Waals surface area (Å²) in [7, 11) is 0. The smallest absolute Gasteiger partial charge is 0.257 e. The summed E-state index contributed by atoms with van der Waals surface area (Å²) in [6.07, 6.45) is 1.02. The van der Waals surface area contributed by atoms with E-state index < -0.39 is 10.7 Å². The number of aromatic amines is 1. The quantitative estimate of drug-likeness (QED) is 0.689.